The van der Waals surface area contributed by atoms with Gasteiger partial charge in [-0.1, -0.05) is 0 Å². The van der Waals surface area contributed by atoms with Crippen LogP contribution in [0.1, 0.15) is 40.5 Å². The van der Waals surface area contributed by atoms with Gasteiger partial charge >= 0.3 is 6.18 Å². The summed E-state index contributed by atoms with van der Waals surface area (Å²) in [6.07, 6.45) is 0.375. The van der Waals surface area contributed by atoms with Crippen LogP contribution in [0.3, 0.4) is 0 Å². The van der Waals surface area contributed by atoms with E-state index in [0.717, 1.165) is 13.0 Å². The van der Waals surface area contributed by atoms with E-state index in [0.29, 0.717) is 25.5 Å². The first-order valence-corrected chi connectivity index (χ1v) is 8.70. The van der Waals surface area contributed by atoms with E-state index in [1.165, 1.54) is 39.8 Å². The van der Waals surface area contributed by atoms with Crippen LogP contribution in [-0.4, -0.2) is 26.2 Å². The molecule has 1 aliphatic heterocycles. The molecule has 2 aliphatic rings. The molecule has 3 heterocycles. The van der Waals surface area contributed by atoms with Crippen LogP contribution in [0.4, 0.5) is 13.2 Å². The van der Waals surface area contributed by atoms with Crippen LogP contribution in [0.25, 0.3) is 0 Å². The Balaban J connectivity index is 1.51. The fourth-order valence-electron chi connectivity index (χ4n) is 3.49. The van der Waals surface area contributed by atoms with Crippen LogP contribution < -0.4 is 0 Å². The number of hydrogen-bond donors (Lipinski definition) is 0. The highest BCUT2D eigenvalue weighted by atomic mass is 32.1. The lowest BCUT2D eigenvalue weighted by Crippen LogP contribution is -2.35. The molecule has 0 amide bonds. The summed E-state index contributed by atoms with van der Waals surface area (Å²) in [6.45, 7) is 2.11. The highest BCUT2D eigenvalue weighted by molar-refractivity contribution is 7.10. The summed E-state index contributed by atoms with van der Waals surface area (Å²) in [5.41, 5.74) is 2.82. The Morgan fingerprint density at radius 3 is 2.78 bits per heavy atom. The Bertz CT molecular complexity index is 719. The minimum atomic E-state index is -4.43. The molecule has 4 nitrogen and oxygen atoms in total. The van der Waals surface area contributed by atoms with Gasteiger partial charge in [0.2, 0.25) is 5.82 Å². The van der Waals surface area contributed by atoms with Crippen molar-refractivity contribution in [3.8, 4) is 0 Å². The Hall–Kier alpha value is -1.41. The van der Waals surface area contributed by atoms with Crippen molar-refractivity contribution in [2.45, 2.75) is 51.5 Å². The third-order valence-corrected chi connectivity index (χ3v) is 5.77. The molecule has 124 valence electrons. The Morgan fingerprint density at radius 2 is 1.96 bits per heavy atom. The normalized spacial score (nSPS) is 18.7. The molecular weight excluding hydrogens is 325 g/mol. The number of aromatic nitrogens is 3. The number of fused-ring (bicyclic) bond motifs is 2. The molecule has 23 heavy (non-hydrogen) atoms. The van der Waals surface area contributed by atoms with E-state index in [-0.39, 0.29) is 0 Å². The Kier molecular flexibility index (Phi) is 3.68. The van der Waals surface area contributed by atoms with Crippen LogP contribution in [0.15, 0.2) is 5.38 Å². The zero-order chi connectivity index (χ0) is 16.0. The molecule has 0 saturated heterocycles. The minimum absolute atomic E-state index is 0.295. The van der Waals surface area contributed by atoms with E-state index in [4.69, 9.17) is 0 Å². The first-order valence-electron chi connectivity index (χ1n) is 7.82. The van der Waals surface area contributed by atoms with Crippen LogP contribution in [0, 0.1) is 0 Å². The topological polar surface area (TPSA) is 34.0 Å². The predicted molar refractivity (Wildman–Crippen MR) is 80.1 cm³/mol. The van der Waals surface area contributed by atoms with Gasteiger partial charge in [0.25, 0.3) is 0 Å². The van der Waals surface area contributed by atoms with E-state index in [2.05, 4.69) is 20.5 Å². The Labute approximate surface area is 135 Å². The average molecular weight is 342 g/mol. The number of thiophene rings is 1. The second kappa shape index (κ2) is 5.59. The summed E-state index contributed by atoms with van der Waals surface area (Å²) < 4.78 is 39.8. The summed E-state index contributed by atoms with van der Waals surface area (Å²) in [5.74, 6) is -0.465. The van der Waals surface area contributed by atoms with Crippen LogP contribution >= 0.6 is 11.3 Å². The highest BCUT2D eigenvalue weighted by Gasteiger charge is 2.39. The molecule has 0 fully saturated rings. The third kappa shape index (κ3) is 2.78. The molecule has 0 saturated carbocycles. The minimum Gasteiger partial charge on any atom is -0.305 e. The van der Waals surface area contributed by atoms with Gasteiger partial charge in [-0.25, -0.2) is 0 Å². The van der Waals surface area contributed by atoms with Gasteiger partial charge in [-0.2, -0.15) is 13.2 Å². The zero-order valence-electron chi connectivity index (χ0n) is 12.6. The van der Waals surface area contributed by atoms with Gasteiger partial charge in [0, 0.05) is 24.5 Å². The molecule has 0 radical (unpaired) electrons. The summed E-state index contributed by atoms with van der Waals surface area (Å²) in [5, 5.41) is 9.30. The van der Waals surface area contributed by atoms with Crippen molar-refractivity contribution in [1.82, 2.24) is 19.7 Å². The summed E-state index contributed by atoms with van der Waals surface area (Å²) >= 11 is 1.83. The monoisotopic (exact) mass is 342 g/mol. The van der Waals surface area contributed by atoms with Gasteiger partial charge in [-0.15, -0.1) is 21.5 Å². The molecule has 0 bridgehead atoms. The van der Waals surface area contributed by atoms with Crippen LogP contribution in [0.5, 0.6) is 0 Å². The zero-order valence-corrected chi connectivity index (χ0v) is 13.4. The second-order valence-corrected chi connectivity index (χ2v) is 7.13. The number of halogens is 3. The third-order valence-electron chi connectivity index (χ3n) is 4.63. The van der Waals surface area contributed by atoms with Crippen molar-refractivity contribution in [2.24, 2.45) is 0 Å². The molecule has 4 rings (SSSR count). The van der Waals surface area contributed by atoms with E-state index < -0.39 is 12.0 Å². The molecule has 2 aromatic rings. The van der Waals surface area contributed by atoms with Crippen LogP contribution in [-0.2, 0) is 38.7 Å². The summed E-state index contributed by atoms with van der Waals surface area (Å²) in [4.78, 5) is 3.66. The van der Waals surface area contributed by atoms with Crippen LogP contribution in [0.2, 0.25) is 0 Å². The van der Waals surface area contributed by atoms with Gasteiger partial charge in [-0.3, -0.25) is 4.90 Å². The largest absolute Gasteiger partial charge is 0.451 e. The molecule has 0 N–H and O–H groups in total. The van der Waals surface area contributed by atoms with Gasteiger partial charge < -0.3 is 4.57 Å². The van der Waals surface area contributed by atoms with Crippen molar-refractivity contribution < 1.29 is 13.2 Å². The second-order valence-electron chi connectivity index (χ2n) is 6.17. The maximum absolute atomic E-state index is 12.9. The lowest BCUT2D eigenvalue weighted by Gasteiger charge is -2.28. The van der Waals surface area contributed by atoms with E-state index in [9.17, 15) is 13.2 Å². The molecule has 8 heteroatoms. The van der Waals surface area contributed by atoms with Gasteiger partial charge in [-0.05, 0) is 42.2 Å². The van der Waals surface area contributed by atoms with Crippen molar-refractivity contribution >= 4 is 11.3 Å². The fraction of sp³-hybridized carbons (Fsp3) is 0.600. The average Bonchev–Trinajstić information content (AvgIpc) is 3.11. The summed E-state index contributed by atoms with van der Waals surface area (Å²) in [7, 11) is 0. The molecule has 2 aromatic heterocycles. The maximum Gasteiger partial charge on any atom is 0.451 e. The predicted octanol–water partition coefficient (Wildman–Crippen LogP) is 3.25. The molecule has 0 aromatic carbocycles. The maximum atomic E-state index is 12.9. The van der Waals surface area contributed by atoms with E-state index in [1.807, 2.05) is 11.3 Å². The molecule has 0 atom stereocenters. The number of nitrogens with zero attached hydrogens (tertiary/aromatic N) is 4. The number of hydrogen-bond acceptors (Lipinski definition) is 4. The molecular formula is C15H17F3N4S. The van der Waals surface area contributed by atoms with E-state index >= 15 is 0 Å². The molecule has 0 spiro atoms. The lowest BCUT2D eigenvalue weighted by atomic mass is 9.96. The SMILES string of the molecule is FC(F)(F)c1nnc2n1CCN(Cc1csc3c1CCCC3)C2. The summed E-state index contributed by atoms with van der Waals surface area (Å²) in [6, 6.07) is 0. The first-order chi connectivity index (χ1) is 11.0. The number of rotatable bonds is 2. The van der Waals surface area contributed by atoms with Gasteiger partial charge in [0.1, 0.15) is 5.82 Å². The number of aryl methyl sites for hydroxylation is 1. The van der Waals surface area contributed by atoms with Crippen molar-refractivity contribution in [1.29, 1.82) is 0 Å². The standard InChI is InChI=1S/C15H17F3N4S/c16-15(17,18)14-20-19-13-8-21(5-6-22(13)14)7-10-9-23-12-4-2-1-3-11(10)12/h9H,1-8H2. The molecule has 0 unspecified atom stereocenters. The smallest absolute Gasteiger partial charge is 0.305 e. The van der Waals surface area contributed by atoms with Crippen molar-refractivity contribution in [2.75, 3.05) is 6.54 Å². The quantitative estimate of drug-likeness (QED) is 0.840. The first kappa shape index (κ1) is 15.1. The molecule has 1 aliphatic carbocycles. The lowest BCUT2D eigenvalue weighted by molar-refractivity contribution is -0.148. The van der Waals surface area contributed by atoms with Gasteiger partial charge in [0.15, 0.2) is 0 Å². The number of alkyl halides is 3. The van der Waals surface area contributed by atoms with Gasteiger partial charge in [0.05, 0.1) is 6.54 Å². The van der Waals surface area contributed by atoms with E-state index in [1.54, 1.807) is 0 Å². The van der Waals surface area contributed by atoms with Crippen molar-refractivity contribution in [3.63, 3.8) is 0 Å². The Morgan fingerprint density at radius 1 is 1.13 bits per heavy atom. The highest BCUT2D eigenvalue weighted by Crippen LogP contribution is 2.32. The fourth-order valence-corrected chi connectivity index (χ4v) is 4.63. The van der Waals surface area contributed by atoms with Crippen molar-refractivity contribution in [3.05, 3.63) is 33.0 Å².